The van der Waals surface area contributed by atoms with Gasteiger partial charge in [-0.25, -0.2) is 0 Å². The van der Waals surface area contributed by atoms with Crippen molar-refractivity contribution >= 4 is 21.9 Å². The van der Waals surface area contributed by atoms with Gasteiger partial charge < -0.3 is 10.6 Å². The second-order valence-electron chi connectivity index (χ2n) is 6.24. The van der Waals surface area contributed by atoms with Crippen LogP contribution in [0.1, 0.15) is 24.8 Å². The maximum atomic E-state index is 4.35. The quantitative estimate of drug-likeness (QED) is 0.324. The first-order valence-electron chi connectivity index (χ1n) is 8.76. The van der Waals surface area contributed by atoms with Gasteiger partial charge in [0.2, 0.25) is 0 Å². The second kappa shape index (κ2) is 10.5. The number of aryl methyl sites for hydroxylation is 1. The third-order valence-electron chi connectivity index (χ3n) is 4.36. The van der Waals surface area contributed by atoms with Gasteiger partial charge in [-0.3, -0.25) is 9.89 Å². The molecular formula is C19H29BrN4. The number of rotatable bonds is 7. The first-order valence-corrected chi connectivity index (χ1v) is 9.55. The number of likely N-dealkylation sites (tertiary alicyclic amines) is 1. The van der Waals surface area contributed by atoms with E-state index in [9.17, 15) is 0 Å². The van der Waals surface area contributed by atoms with Gasteiger partial charge in [0.05, 0.1) is 0 Å². The van der Waals surface area contributed by atoms with Crippen LogP contribution >= 0.6 is 15.9 Å². The summed E-state index contributed by atoms with van der Waals surface area (Å²) in [6.45, 7) is 8.00. The lowest BCUT2D eigenvalue weighted by atomic mass is 10.1. The van der Waals surface area contributed by atoms with E-state index in [-0.39, 0.29) is 0 Å². The molecule has 0 unspecified atom stereocenters. The van der Waals surface area contributed by atoms with E-state index in [1.165, 1.54) is 5.56 Å². The van der Waals surface area contributed by atoms with E-state index >= 15 is 0 Å². The Labute approximate surface area is 154 Å². The van der Waals surface area contributed by atoms with E-state index in [1.807, 2.05) is 13.1 Å². The molecule has 4 nitrogen and oxygen atoms in total. The van der Waals surface area contributed by atoms with Gasteiger partial charge in [0.25, 0.3) is 0 Å². The number of piperidine rings is 1. The molecule has 0 aliphatic carbocycles. The Balaban J connectivity index is 1.65. The Morgan fingerprint density at radius 2 is 2.21 bits per heavy atom. The normalized spacial score (nSPS) is 16.8. The fraction of sp³-hybridized carbons (Fsp3) is 0.526. The summed E-state index contributed by atoms with van der Waals surface area (Å²) >= 11 is 3.52. The van der Waals surface area contributed by atoms with Crippen molar-refractivity contribution in [3.8, 4) is 0 Å². The third-order valence-corrected chi connectivity index (χ3v) is 4.86. The second-order valence-corrected chi connectivity index (χ2v) is 7.16. The number of hydrogen-bond donors (Lipinski definition) is 2. The fourth-order valence-electron chi connectivity index (χ4n) is 3.02. The highest BCUT2D eigenvalue weighted by Crippen LogP contribution is 2.13. The summed E-state index contributed by atoms with van der Waals surface area (Å²) in [5.74, 6) is 0.923. The van der Waals surface area contributed by atoms with Crippen LogP contribution in [0.4, 0.5) is 0 Å². The minimum atomic E-state index is 0.516. The van der Waals surface area contributed by atoms with Gasteiger partial charge in [-0.15, -0.1) is 6.58 Å². The van der Waals surface area contributed by atoms with Crippen molar-refractivity contribution in [1.29, 1.82) is 0 Å². The lowest BCUT2D eigenvalue weighted by Gasteiger charge is -2.32. The smallest absolute Gasteiger partial charge is 0.191 e. The molecule has 0 radical (unpaired) electrons. The summed E-state index contributed by atoms with van der Waals surface area (Å²) in [6, 6.07) is 9.03. The lowest BCUT2D eigenvalue weighted by molar-refractivity contribution is 0.225. The number of benzene rings is 1. The molecule has 1 aromatic rings. The molecule has 24 heavy (non-hydrogen) atoms. The molecule has 0 amide bonds. The SMILES string of the molecule is C=CCN1CCC(NC(=NC)NCCCc2cccc(Br)c2)CC1. The Bertz CT molecular complexity index is 536. The van der Waals surface area contributed by atoms with E-state index in [4.69, 9.17) is 0 Å². The largest absolute Gasteiger partial charge is 0.356 e. The van der Waals surface area contributed by atoms with Gasteiger partial charge in [0, 0.05) is 43.7 Å². The monoisotopic (exact) mass is 392 g/mol. The zero-order chi connectivity index (χ0) is 17.2. The zero-order valence-electron chi connectivity index (χ0n) is 14.6. The summed E-state index contributed by atoms with van der Waals surface area (Å²) in [6.07, 6.45) is 6.47. The summed E-state index contributed by atoms with van der Waals surface area (Å²) < 4.78 is 1.15. The number of aliphatic imine (C=N–C) groups is 1. The van der Waals surface area contributed by atoms with Crippen molar-refractivity contribution in [3.05, 3.63) is 47.0 Å². The molecule has 132 valence electrons. The van der Waals surface area contributed by atoms with Crippen LogP contribution in [0.5, 0.6) is 0 Å². The van der Waals surface area contributed by atoms with Crippen LogP contribution in [0.2, 0.25) is 0 Å². The number of guanidine groups is 1. The van der Waals surface area contributed by atoms with Crippen LogP contribution in [0.15, 0.2) is 46.4 Å². The predicted octanol–water partition coefficient (Wildman–Crippen LogP) is 3.20. The molecule has 1 aromatic carbocycles. The molecule has 1 aliphatic heterocycles. The summed E-state index contributed by atoms with van der Waals surface area (Å²) in [5, 5.41) is 6.99. The van der Waals surface area contributed by atoms with E-state index in [0.717, 1.165) is 62.3 Å². The topological polar surface area (TPSA) is 39.7 Å². The van der Waals surface area contributed by atoms with Gasteiger partial charge in [-0.2, -0.15) is 0 Å². The molecule has 0 spiro atoms. The Kier molecular flexibility index (Phi) is 8.33. The van der Waals surface area contributed by atoms with E-state index in [0.29, 0.717) is 6.04 Å². The van der Waals surface area contributed by atoms with Crippen LogP contribution < -0.4 is 10.6 Å². The number of nitrogens with zero attached hydrogens (tertiary/aromatic N) is 2. The average molecular weight is 393 g/mol. The summed E-state index contributed by atoms with van der Waals surface area (Å²) in [4.78, 5) is 6.80. The maximum absolute atomic E-state index is 4.35. The van der Waals surface area contributed by atoms with Crippen molar-refractivity contribution in [3.63, 3.8) is 0 Å². The Morgan fingerprint density at radius 3 is 2.88 bits per heavy atom. The standard InChI is InChI=1S/C19H29BrN4/c1-3-12-24-13-9-18(10-14-24)23-19(21-2)22-11-5-7-16-6-4-8-17(20)15-16/h3-4,6,8,15,18H,1,5,7,9-14H2,2H3,(H2,21,22,23). The average Bonchev–Trinajstić information content (AvgIpc) is 2.59. The summed E-state index contributed by atoms with van der Waals surface area (Å²) in [5.41, 5.74) is 1.36. The van der Waals surface area contributed by atoms with E-state index in [1.54, 1.807) is 0 Å². The van der Waals surface area contributed by atoms with Crippen LogP contribution in [-0.2, 0) is 6.42 Å². The van der Waals surface area contributed by atoms with Crippen LogP contribution in [0.25, 0.3) is 0 Å². The van der Waals surface area contributed by atoms with Crippen molar-refractivity contribution in [2.45, 2.75) is 31.7 Å². The highest BCUT2D eigenvalue weighted by Gasteiger charge is 2.18. The molecule has 2 rings (SSSR count). The lowest BCUT2D eigenvalue weighted by Crippen LogP contribution is -2.48. The highest BCUT2D eigenvalue weighted by molar-refractivity contribution is 9.10. The van der Waals surface area contributed by atoms with Crippen molar-refractivity contribution in [1.82, 2.24) is 15.5 Å². The zero-order valence-corrected chi connectivity index (χ0v) is 16.2. The fourth-order valence-corrected chi connectivity index (χ4v) is 3.47. The maximum Gasteiger partial charge on any atom is 0.191 e. The van der Waals surface area contributed by atoms with Crippen LogP contribution in [0, 0.1) is 0 Å². The van der Waals surface area contributed by atoms with Crippen molar-refractivity contribution in [2.75, 3.05) is 33.2 Å². The van der Waals surface area contributed by atoms with Gasteiger partial charge in [0.15, 0.2) is 5.96 Å². The first kappa shape index (κ1) is 19.0. The van der Waals surface area contributed by atoms with E-state index in [2.05, 4.69) is 67.3 Å². The molecule has 1 saturated heterocycles. The molecule has 1 aliphatic rings. The Hall–Kier alpha value is -1.33. The molecule has 1 fully saturated rings. The molecule has 0 saturated carbocycles. The van der Waals surface area contributed by atoms with E-state index < -0.39 is 0 Å². The van der Waals surface area contributed by atoms with Gasteiger partial charge in [0.1, 0.15) is 0 Å². The van der Waals surface area contributed by atoms with Gasteiger partial charge >= 0.3 is 0 Å². The van der Waals surface area contributed by atoms with Gasteiger partial charge in [-0.05, 0) is 43.4 Å². The third kappa shape index (κ3) is 6.65. The van der Waals surface area contributed by atoms with Crippen LogP contribution in [-0.4, -0.2) is 50.1 Å². The molecule has 0 atom stereocenters. The molecule has 5 heteroatoms. The van der Waals surface area contributed by atoms with Gasteiger partial charge in [-0.1, -0.05) is 34.1 Å². The minimum absolute atomic E-state index is 0.516. The predicted molar refractivity (Wildman–Crippen MR) is 107 cm³/mol. The molecule has 1 heterocycles. The molecular weight excluding hydrogens is 364 g/mol. The molecule has 2 N–H and O–H groups in total. The van der Waals surface area contributed by atoms with Crippen molar-refractivity contribution in [2.24, 2.45) is 4.99 Å². The molecule has 0 bridgehead atoms. The summed E-state index contributed by atoms with van der Waals surface area (Å²) in [7, 11) is 1.84. The number of hydrogen-bond acceptors (Lipinski definition) is 2. The highest BCUT2D eigenvalue weighted by atomic mass is 79.9. The Morgan fingerprint density at radius 1 is 1.42 bits per heavy atom. The van der Waals surface area contributed by atoms with Crippen LogP contribution in [0.3, 0.4) is 0 Å². The first-order chi connectivity index (χ1) is 11.7. The minimum Gasteiger partial charge on any atom is -0.356 e. The number of halogens is 1. The molecule has 0 aromatic heterocycles. The van der Waals surface area contributed by atoms with Crippen molar-refractivity contribution < 1.29 is 0 Å². The number of nitrogens with one attached hydrogen (secondary N) is 2.